The Hall–Kier alpha value is -0.490. The Balaban J connectivity index is 0.00000169. The van der Waals surface area contributed by atoms with Crippen molar-refractivity contribution >= 4 is 17.4 Å². The molecule has 0 saturated heterocycles. The summed E-state index contributed by atoms with van der Waals surface area (Å²) < 4.78 is 0. The zero-order valence-electron chi connectivity index (χ0n) is 8.04. The van der Waals surface area contributed by atoms with Gasteiger partial charge in [-0.05, 0) is 24.3 Å². The predicted octanol–water partition coefficient (Wildman–Crippen LogP) is -1.47. The Labute approximate surface area is 106 Å². The van der Waals surface area contributed by atoms with Gasteiger partial charge in [-0.3, -0.25) is 0 Å². The first-order valence-corrected chi connectivity index (χ1v) is 4.25. The van der Waals surface area contributed by atoms with E-state index in [1.54, 1.807) is 17.1 Å². The first-order chi connectivity index (χ1) is 6.09. The molecule has 1 rings (SSSR count). The van der Waals surface area contributed by atoms with Gasteiger partial charge < -0.3 is 34.7 Å². The van der Waals surface area contributed by atoms with Crippen LogP contribution in [0.3, 0.4) is 0 Å². The van der Waals surface area contributed by atoms with Crippen molar-refractivity contribution in [1.82, 2.24) is 5.01 Å². The summed E-state index contributed by atoms with van der Waals surface area (Å²) in [5.74, 6) is 0.488. The van der Waals surface area contributed by atoms with Crippen LogP contribution in [0.2, 0.25) is 5.02 Å². The molecule has 1 aromatic rings. The second-order valence-corrected chi connectivity index (χ2v) is 3.28. The van der Waals surface area contributed by atoms with Crippen LogP contribution >= 0.6 is 11.6 Å². The van der Waals surface area contributed by atoms with Crippen LogP contribution in [-0.4, -0.2) is 24.9 Å². The molecule has 0 saturated carbocycles. The van der Waals surface area contributed by atoms with Crippen LogP contribution in [0.1, 0.15) is 5.56 Å². The largest absolute Gasteiger partial charge is 1.00 e. The molecule has 0 unspecified atom stereocenters. The highest BCUT2D eigenvalue weighted by atomic mass is 127. The molecular weight excluding hydrogens is 312 g/mol. The fourth-order valence-corrected chi connectivity index (χ4v) is 1.02. The monoisotopic (exact) mass is 324 g/mol. The maximum atomic E-state index is 5.73. The summed E-state index contributed by atoms with van der Waals surface area (Å²) in [6, 6.07) is 7.25. The van der Waals surface area contributed by atoms with Crippen LogP contribution in [0.5, 0.6) is 0 Å². The summed E-state index contributed by atoms with van der Waals surface area (Å²) in [6.07, 6.45) is 0. The van der Waals surface area contributed by atoms with Crippen molar-refractivity contribution in [3.8, 4) is 0 Å². The quantitative estimate of drug-likeness (QED) is 0.312. The highest BCUT2D eigenvalue weighted by molar-refractivity contribution is 6.30. The number of hydrogen-bond acceptors (Lipinski definition) is 2. The number of benzene rings is 1. The Kier molecular flexibility index (Phi) is 5.87. The predicted molar refractivity (Wildman–Crippen MR) is 55.9 cm³/mol. The van der Waals surface area contributed by atoms with Crippen LogP contribution in [0.15, 0.2) is 29.4 Å². The number of hydrogen-bond donors (Lipinski definition) is 1. The summed E-state index contributed by atoms with van der Waals surface area (Å²) in [5, 5.41) is 6.41. The highest BCUT2D eigenvalue weighted by Crippen LogP contribution is 2.09. The van der Waals surface area contributed by atoms with E-state index in [9.17, 15) is 0 Å². The van der Waals surface area contributed by atoms with Crippen molar-refractivity contribution in [2.45, 2.75) is 0 Å². The van der Waals surface area contributed by atoms with E-state index in [1.165, 1.54) is 0 Å². The molecule has 0 bridgehead atoms. The molecule has 0 aromatic heterocycles. The van der Waals surface area contributed by atoms with E-state index in [-0.39, 0.29) is 24.0 Å². The number of hydrazone groups is 1. The maximum Gasteiger partial charge on any atom is 0.150 e. The van der Waals surface area contributed by atoms with E-state index in [1.807, 2.05) is 26.2 Å². The number of amidine groups is 1. The molecule has 0 atom stereocenters. The summed E-state index contributed by atoms with van der Waals surface area (Å²) >= 11 is 5.73. The van der Waals surface area contributed by atoms with Gasteiger partial charge in [-0.2, -0.15) is 5.10 Å². The summed E-state index contributed by atoms with van der Waals surface area (Å²) in [7, 11) is 3.64. The average molecular weight is 325 g/mol. The van der Waals surface area contributed by atoms with Crippen LogP contribution in [0.4, 0.5) is 0 Å². The topological polar surface area (TPSA) is 41.6 Å². The highest BCUT2D eigenvalue weighted by Gasteiger charge is 1.97. The third-order valence-corrected chi connectivity index (χ3v) is 1.70. The minimum atomic E-state index is 0. The molecular formula is C9H12ClIN3-. The summed E-state index contributed by atoms with van der Waals surface area (Å²) in [4.78, 5) is 0. The Morgan fingerprint density at radius 1 is 1.29 bits per heavy atom. The molecule has 3 nitrogen and oxygen atoms in total. The van der Waals surface area contributed by atoms with Crippen molar-refractivity contribution in [3.05, 3.63) is 34.9 Å². The van der Waals surface area contributed by atoms with Crippen LogP contribution in [-0.2, 0) is 0 Å². The van der Waals surface area contributed by atoms with Gasteiger partial charge in [-0.15, -0.1) is 0 Å². The lowest BCUT2D eigenvalue weighted by Crippen LogP contribution is -3.00. The van der Waals surface area contributed by atoms with Gasteiger partial charge in [-0.25, -0.2) is 0 Å². The Bertz CT molecular complexity index is 308. The first kappa shape index (κ1) is 13.5. The number of halogens is 2. The number of nitrogens with two attached hydrogens (primary N) is 1. The molecule has 78 valence electrons. The van der Waals surface area contributed by atoms with Crippen molar-refractivity contribution < 1.29 is 24.0 Å². The average Bonchev–Trinajstić information content (AvgIpc) is 2.04. The van der Waals surface area contributed by atoms with E-state index in [4.69, 9.17) is 17.3 Å². The van der Waals surface area contributed by atoms with E-state index in [0.29, 0.717) is 10.9 Å². The zero-order chi connectivity index (χ0) is 9.84. The van der Waals surface area contributed by atoms with Gasteiger partial charge in [0.1, 0.15) is 0 Å². The van der Waals surface area contributed by atoms with Gasteiger partial charge in [0.05, 0.1) is 0 Å². The molecule has 0 aliphatic rings. The molecule has 0 amide bonds. The standard InChI is InChI=1S/C9H12ClN3.HI/c1-13(2)12-9(11)7-3-5-8(10)6-4-7;/h3-6H,1-2H3,(H2,11,12);1H/p-1. The normalized spacial score (nSPS) is 10.6. The third kappa shape index (κ3) is 4.15. The lowest BCUT2D eigenvalue weighted by atomic mass is 10.2. The van der Waals surface area contributed by atoms with Gasteiger partial charge in [0.15, 0.2) is 5.84 Å². The Morgan fingerprint density at radius 2 is 1.79 bits per heavy atom. The van der Waals surface area contributed by atoms with Gasteiger partial charge >= 0.3 is 0 Å². The fraction of sp³-hybridized carbons (Fsp3) is 0.222. The molecule has 1 aromatic carbocycles. The van der Waals surface area contributed by atoms with E-state index >= 15 is 0 Å². The smallest absolute Gasteiger partial charge is 0.150 e. The van der Waals surface area contributed by atoms with Crippen molar-refractivity contribution in [1.29, 1.82) is 0 Å². The van der Waals surface area contributed by atoms with Gasteiger partial charge in [0, 0.05) is 24.7 Å². The number of rotatable bonds is 2. The molecule has 0 aliphatic heterocycles. The van der Waals surface area contributed by atoms with Crippen molar-refractivity contribution in [3.63, 3.8) is 0 Å². The summed E-state index contributed by atoms with van der Waals surface area (Å²) in [6.45, 7) is 0. The summed E-state index contributed by atoms with van der Waals surface area (Å²) in [5.41, 5.74) is 6.58. The lowest BCUT2D eigenvalue weighted by molar-refractivity contribution is -0.00000291. The lowest BCUT2D eigenvalue weighted by Gasteiger charge is -2.06. The van der Waals surface area contributed by atoms with Crippen LogP contribution in [0, 0.1) is 0 Å². The van der Waals surface area contributed by atoms with Gasteiger partial charge in [-0.1, -0.05) is 11.6 Å². The molecule has 14 heavy (non-hydrogen) atoms. The molecule has 2 N–H and O–H groups in total. The minimum Gasteiger partial charge on any atom is -1.00 e. The maximum absolute atomic E-state index is 5.73. The third-order valence-electron chi connectivity index (χ3n) is 1.45. The Morgan fingerprint density at radius 3 is 2.21 bits per heavy atom. The minimum absolute atomic E-state index is 0. The van der Waals surface area contributed by atoms with Gasteiger partial charge in [0.25, 0.3) is 0 Å². The second-order valence-electron chi connectivity index (χ2n) is 2.84. The van der Waals surface area contributed by atoms with Crippen molar-refractivity contribution in [2.75, 3.05) is 14.1 Å². The second kappa shape index (κ2) is 6.08. The molecule has 0 fully saturated rings. The van der Waals surface area contributed by atoms with Crippen molar-refractivity contribution in [2.24, 2.45) is 10.8 Å². The van der Waals surface area contributed by atoms with Gasteiger partial charge in [0.2, 0.25) is 0 Å². The molecule has 0 heterocycles. The number of nitrogens with zero attached hydrogens (tertiary/aromatic N) is 2. The van der Waals surface area contributed by atoms with E-state index in [2.05, 4.69) is 5.10 Å². The first-order valence-electron chi connectivity index (χ1n) is 3.87. The molecule has 0 radical (unpaired) electrons. The van der Waals surface area contributed by atoms with Crippen LogP contribution in [0.25, 0.3) is 0 Å². The van der Waals surface area contributed by atoms with E-state index in [0.717, 1.165) is 5.56 Å². The molecule has 0 spiro atoms. The zero-order valence-corrected chi connectivity index (χ0v) is 11.0. The fourth-order valence-electron chi connectivity index (χ4n) is 0.894. The molecule has 5 heteroatoms. The molecule has 0 aliphatic carbocycles. The van der Waals surface area contributed by atoms with E-state index < -0.39 is 0 Å². The van der Waals surface area contributed by atoms with Crippen LogP contribution < -0.4 is 29.7 Å². The SMILES string of the molecule is CN(C)/N=C(\N)c1ccc(Cl)cc1.[I-].